The summed E-state index contributed by atoms with van der Waals surface area (Å²) in [6.07, 6.45) is 2.37. The molecule has 0 radical (unpaired) electrons. The molecule has 7 nitrogen and oxygen atoms in total. The number of aryl methyl sites for hydroxylation is 2. The maximum absolute atomic E-state index is 13.2. The van der Waals surface area contributed by atoms with Crippen LogP contribution in [0.1, 0.15) is 43.0 Å². The number of benzene rings is 2. The van der Waals surface area contributed by atoms with Crippen LogP contribution in [0.4, 0.5) is 17.1 Å². The Labute approximate surface area is 175 Å². The smallest absolute Gasteiger partial charge is 0.269 e. The fraction of sp³-hybridized carbons (Fsp3) is 0.348. The lowest BCUT2D eigenvalue weighted by molar-refractivity contribution is -0.385. The number of hydrogen-bond acceptors (Lipinski definition) is 6. The van der Waals surface area contributed by atoms with Gasteiger partial charge in [-0.15, -0.1) is 5.75 Å². The molecule has 0 aromatic heterocycles. The molecule has 2 atom stereocenters. The largest absolute Gasteiger partial charge is 0.872 e. The second kappa shape index (κ2) is 6.86. The molecule has 0 fully saturated rings. The maximum Gasteiger partial charge on any atom is 0.269 e. The topological polar surface area (TPSA) is 107 Å². The molecule has 1 aliphatic heterocycles. The molecule has 156 valence electrons. The van der Waals surface area contributed by atoms with Crippen molar-refractivity contribution in [3.8, 4) is 5.75 Å². The van der Waals surface area contributed by atoms with E-state index in [1.54, 1.807) is 0 Å². The van der Waals surface area contributed by atoms with Crippen molar-refractivity contribution in [2.45, 2.75) is 40.2 Å². The molecule has 1 heterocycles. The second-order valence-electron chi connectivity index (χ2n) is 8.92. The Balaban J connectivity index is 1.94. The van der Waals surface area contributed by atoms with Crippen molar-refractivity contribution < 1.29 is 14.8 Å². The van der Waals surface area contributed by atoms with Gasteiger partial charge in [-0.1, -0.05) is 26.0 Å². The van der Waals surface area contributed by atoms with Gasteiger partial charge in [-0.05, 0) is 48.1 Å². The van der Waals surface area contributed by atoms with Crippen LogP contribution in [0.15, 0.2) is 42.1 Å². The lowest BCUT2D eigenvalue weighted by Gasteiger charge is -2.36. The number of allylic oxidation sites excluding steroid dienone is 1. The fourth-order valence-corrected chi connectivity index (χ4v) is 4.37. The Bertz CT molecular complexity index is 1100. The standard InChI is InChI=1S/C23H25N3O4/c1-12-7-16-17(8-13(12)2)25-22(15-9-14(26(29)30)5-6-19(15)27)21-18(24-16)10-23(3,4)11-20(21)28/h5-10,21-22,24-25,27H,11H2,1-4H3/p-1/t21-,22-/m1/s1. The van der Waals surface area contributed by atoms with Crippen LogP contribution in [-0.4, -0.2) is 10.7 Å². The van der Waals surface area contributed by atoms with Gasteiger partial charge < -0.3 is 15.7 Å². The lowest BCUT2D eigenvalue weighted by atomic mass is 9.72. The molecule has 0 saturated heterocycles. The van der Waals surface area contributed by atoms with Crippen molar-refractivity contribution in [2.75, 3.05) is 10.6 Å². The van der Waals surface area contributed by atoms with Crippen molar-refractivity contribution in [2.24, 2.45) is 11.3 Å². The molecule has 0 spiro atoms. The second-order valence-corrected chi connectivity index (χ2v) is 8.92. The molecule has 2 N–H and O–H groups in total. The Morgan fingerprint density at radius 3 is 2.43 bits per heavy atom. The number of nitro groups is 1. The van der Waals surface area contributed by atoms with Gasteiger partial charge in [0, 0.05) is 24.3 Å². The number of hydrogen-bond donors (Lipinski definition) is 2. The predicted octanol–water partition coefficient (Wildman–Crippen LogP) is 4.36. The van der Waals surface area contributed by atoms with E-state index in [-0.39, 0.29) is 28.2 Å². The number of nitrogens with zero attached hydrogens (tertiary/aromatic N) is 1. The van der Waals surface area contributed by atoms with Crippen molar-refractivity contribution in [3.63, 3.8) is 0 Å². The molecule has 7 heteroatoms. The number of carbonyl (C=O) groups is 1. The number of rotatable bonds is 2. The number of nitro benzene ring substituents is 1. The molecule has 0 unspecified atom stereocenters. The first-order valence-electron chi connectivity index (χ1n) is 9.91. The summed E-state index contributed by atoms with van der Waals surface area (Å²) in [6.45, 7) is 8.00. The molecule has 4 rings (SSSR count). The van der Waals surface area contributed by atoms with Gasteiger partial charge in [0.15, 0.2) is 0 Å². The van der Waals surface area contributed by atoms with Crippen molar-refractivity contribution in [1.29, 1.82) is 0 Å². The first-order valence-corrected chi connectivity index (χ1v) is 9.91. The Kier molecular flexibility index (Phi) is 4.56. The number of anilines is 2. The minimum absolute atomic E-state index is 0.00495. The normalized spacial score (nSPS) is 22.0. The van der Waals surface area contributed by atoms with Gasteiger partial charge in [-0.2, -0.15) is 0 Å². The van der Waals surface area contributed by atoms with Crippen molar-refractivity contribution in [3.05, 3.63) is 68.9 Å². The van der Waals surface area contributed by atoms with Gasteiger partial charge in [0.05, 0.1) is 28.3 Å². The monoisotopic (exact) mass is 406 g/mol. The van der Waals surface area contributed by atoms with Gasteiger partial charge in [-0.25, -0.2) is 0 Å². The number of ketones is 1. The van der Waals surface area contributed by atoms with Gasteiger partial charge in [0.1, 0.15) is 5.78 Å². The summed E-state index contributed by atoms with van der Waals surface area (Å²) in [5.74, 6) is -0.974. The van der Waals surface area contributed by atoms with Gasteiger partial charge in [0.25, 0.3) is 5.69 Å². The summed E-state index contributed by atoms with van der Waals surface area (Å²) in [5, 5.41) is 30.8. The molecule has 2 aliphatic rings. The summed E-state index contributed by atoms with van der Waals surface area (Å²) >= 11 is 0. The Morgan fingerprint density at radius 2 is 1.77 bits per heavy atom. The SMILES string of the molecule is Cc1cc2c(cc1C)N[C@H](c1cc([N+](=O)[O-])ccc1[O-])[C@H]1C(=O)CC(C)(C)C=C1N2. The van der Waals surface area contributed by atoms with Crippen LogP contribution < -0.4 is 15.7 Å². The highest BCUT2D eigenvalue weighted by molar-refractivity contribution is 5.90. The van der Waals surface area contributed by atoms with Crippen LogP contribution in [0.2, 0.25) is 0 Å². The molecule has 2 aromatic carbocycles. The molecule has 0 amide bonds. The van der Waals surface area contributed by atoms with E-state index in [0.29, 0.717) is 6.42 Å². The molecule has 0 saturated carbocycles. The highest BCUT2D eigenvalue weighted by atomic mass is 16.6. The zero-order valence-electron chi connectivity index (χ0n) is 17.4. The number of non-ortho nitro benzene ring substituents is 1. The molecule has 30 heavy (non-hydrogen) atoms. The lowest BCUT2D eigenvalue weighted by Crippen LogP contribution is -2.37. The van der Waals surface area contributed by atoms with Crippen LogP contribution in [0.3, 0.4) is 0 Å². The van der Waals surface area contributed by atoms with E-state index in [9.17, 15) is 20.0 Å². The van der Waals surface area contributed by atoms with E-state index in [2.05, 4.69) is 10.6 Å². The summed E-state index contributed by atoms with van der Waals surface area (Å²) in [5.41, 5.74) is 4.19. The minimum atomic E-state index is -0.705. The average molecular weight is 406 g/mol. The number of nitrogens with one attached hydrogen (secondary N) is 2. The van der Waals surface area contributed by atoms with E-state index in [0.717, 1.165) is 28.2 Å². The maximum atomic E-state index is 13.2. The average Bonchev–Trinajstić information content (AvgIpc) is 2.78. The Morgan fingerprint density at radius 1 is 1.10 bits per heavy atom. The molecule has 0 bridgehead atoms. The highest BCUT2D eigenvalue weighted by Crippen LogP contribution is 2.47. The summed E-state index contributed by atoms with van der Waals surface area (Å²) in [7, 11) is 0. The molecule has 1 aliphatic carbocycles. The number of fused-ring (bicyclic) bond motifs is 2. The van der Waals surface area contributed by atoms with E-state index >= 15 is 0 Å². The first kappa shape index (κ1) is 19.9. The third-order valence-electron chi connectivity index (χ3n) is 5.95. The summed E-state index contributed by atoms with van der Waals surface area (Å²) < 4.78 is 0. The zero-order chi connectivity index (χ0) is 21.8. The van der Waals surface area contributed by atoms with Gasteiger partial charge in [0.2, 0.25) is 0 Å². The Hall–Kier alpha value is -3.35. The van der Waals surface area contributed by atoms with Crippen LogP contribution in [0.25, 0.3) is 0 Å². The summed E-state index contributed by atoms with van der Waals surface area (Å²) in [4.78, 5) is 24.0. The van der Waals surface area contributed by atoms with Crippen molar-refractivity contribution >= 4 is 22.8 Å². The van der Waals surface area contributed by atoms with Crippen LogP contribution in [0.5, 0.6) is 5.75 Å². The first-order chi connectivity index (χ1) is 14.1. The molecular formula is C23H24N3O4-. The predicted molar refractivity (Wildman–Crippen MR) is 113 cm³/mol. The highest BCUT2D eigenvalue weighted by Gasteiger charge is 2.42. The number of carbonyl (C=O) groups excluding carboxylic acids is 1. The van der Waals surface area contributed by atoms with Crippen molar-refractivity contribution in [1.82, 2.24) is 0 Å². The summed E-state index contributed by atoms with van der Waals surface area (Å²) in [6, 6.07) is 6.97. The molecule has 2 aromatic rings. The van der Waals surface area contributed by atoms with E-state index in [1.165, 1.54) is 18.2 Å². The quantitative estimate of drug-likeness (QED) is 0.567. The van der Waals surface area contributed by atoms with Crippen LogP contribution in [0, 0.1) is 35.3 Å². The molecular weight excluding hydrogens is 382 g/mol. The van der Waals surface area contributed by atoms with Gasteiger partial charge >= 0.3 is 0 Å². The van der Waals surface area contributed by atoms with E-state index in [1.807, 2.05) is 45.9 Å². The third-order valence-corrected chi connectivity index (χ3v) is 5.95. The zero-order valence-corrected chi connectivity index (χ0v) is 17.4. The van der Waals surface area contributed by atoms with E-state index in [4.69, 9.17) is 0 Å². The van der Waals surface area contributed by atoms with Crippen LogP contribution in [-0.2, 0) is 4.79 Å². The third kappa shape index (κ3) is 3.40. The van der Waals surface area contributed by atoms with Crippen LogP contribution >= 0.6 is 0 Å². The van der Waals surface area contributed by atoms with E-state index < -0.39 is 16.9 Å². The minimum Gasteiger partial charge on any atom is -0.872 e. The van der Waals surface area contributed by atoms with Gasteiger partial charge in [-0.3, -0.25) is 14.9 Å². The fourth-order valence-electron chi connectivity index (χ4n) is 4.37. The number of Topliss-reactive ketones (excluding diaryl/α,β-unsaturated/α-hetero) is 1.